The van der Waals surface area contributed by atoms with Crippen LogP contribution in [0.1, 0.15) is 43.4 Å². The van der Waals surface area contributed by atoms with Crippen LogP contribution in [0.25, 0.3) is 0 Å². The Hall–Kier alpha value is -2.73. The molecule has 1 fully saturated rings. The fourth-order valence-corrected chi connectivity index (χ4v) is 4.70. The van der Waals surface area contributed by atoms with Crippen LogP contribution in [0.15, 0.2) is 47.6 Å². The average Bonchev–Trinajstić information content (AvgIpc) is 3.18. The van der Waals surface area contributed by atoms with Crippen molar-refractivity contribution in [1.82, 2.24) is 9.91 Å². The lowest BCUT2D eigenvalue weighted by atomic mass is 9.90. The number of hydrazone groups is 1. The molecule has 5 rings (SSSR count). The second-order valence-corrected chi connectivity index (χ2v) is 8.12. The number of piperidine rings is 1. The van der Waals surface area contributed by atoms with Gasteiger partial charge in [-0.15, -0.1) is 0 Å². The highest BCUT2D eigenvalue weighted by molar-refractivity contribution is 6.02. The van der Waals surface area contributed by atoms with Crippen molar-refractivity contribution in [1.29, 1.82) is 0 Å². The zero-order valence-corrected chi connectivity index (χ0v) is 17.0. The van der Waals surface area contributed by atoms with Crippen molar-refractivity contribution in [3.8, 4) is 17.2 Å². The Morgan fingerprint density at radius 2 is 2.00 bits per heavy atom. The summed E-state index contributed by atoms with van der Waals surface area (Å²) < 4.78 is 12.6. The Morgan fingerprint density at radius 3 is 2.76 bits per heavy atom. The molecule has 0 unspecified atom stereocenters. The van der Waals surface area contributed by atoms with Crippen LogP contribution in [0.2, 0.25) is 0 Å². The maximum Gasteiger partial charge on any atom is 0.200 e. The molecule has 0 radical (unpaired) electrons. The van der Waals surface area contributed by atoms with E-state index in [0.717, 1.165) is 60.7 Å². The van der Waals surface area contributed by atoms with E-state index in [1.807, 2.05) is 31.2 Å². The van der Waals surface area contributed by atoms with E-state index < -0.39 is 5.72 Å². The predicted octanol–water partition coefficient (Wildman–Crippen LogP) is 3.76. The van der Waals surface area contributed by atoms with Gasteiger partial charge in [-0.1, -0.05) is 24.3 Å². The van der Waals surface area contributed by atoms with Gasteiger partial charge < -0.3 is 19.5 Å². The number of benzene rings is 2. The van der Waals surface area contributed by atoms with Crippen molar-refractivity contribution in [3.63, 3.8) is 0 Å². The zero-order chi connectivity index (χ0) is 20.0. The molecule has 0 aliphatic carbocycles. The average molecular weight is 393 g/mol. The lowest BCUT2D eigenvalue weighted by molar-refractivity contribution is -0.148. The number of phenols is 1. The Bertz CT molecular complexity index is 950. The van der Waals surface area contributed by atoms with Crippen LogP contribution < -0.4 is 9.47 Å². The first kappa shape index (κ1) is 18.3. The lowest BCUT2D eigenvalue weighted by Crippen LogP contribution is -2.58. The van der Waals surface area contributed by atoms with E-state index in [9.17, 15) is 5.11 Å². The molecular weight excluding hydrogens is 366 g/mol. The number of nitrogens with zero attached hydrogens (tertiary/aromatic N) is 3. The Morgan fingerprint density at radius 1 is 1.21 bits per heavy atom. The zero-order valence-electron chi connectivity index (χ0n) is 17.0. The molecule has 3 heterocycles. The third-order valence-electron chi connectivity index (χ3n) is 6.24. The van der Waals surface area contributed by atoms with Gasteiger partial charge in [-0.05, 0) is 32.2 Å². The summed E-state index contributed by atoms with van der Waals surface area (Å²) in [6.07, 6.45) is 2.56. The van der Waals surface area contributed by atoms with Crippen LogP contribution in [-0.4, -0.2) is 53.2 Å². The molecule has 0 saturated carbocycles. The molecule has 6 heteroatoms. The third-order valence-corrected chi connectivity index (χ3v) is 6.24. The summed E-state index contributed by atoms with van der Waals surface area (Å²) in [5.74, 6) is 1.95. The normalized spacial score (nSPS) is 22.6. The van der Waals surface area contributed by atoms with E-state index >= 15 is 0 Å². The third kappa shape index (κ3) is 3.02. The van der Waals surface area contributed by atoms with Gasteiger partial charge in [0.2, 0.25) is 5.72 Å². The van der Waals surface area contributed by atoms with Gasteiger partial charge in [0, 0.05) is 43.5 Å². The fraction of sp³-hybridized carbons (Fsp3) is 0.435. The van der Waals surface area contributed by atoms with E-state index in [0.29, 0.717) is 6.61 Å². The molecule has 1 spiro atoms. The standard InChI is InChI=1S/C23H27N3O3/c1-3-28-21-9-5-8-18-20-15-19(16-6-4-7-17(27)14-16)24-26(20)23(29-22(18)21)10-12-25(2)13-11-23/h4-9,14,20,27H,3,10-13,15H2,1-2H3/t20-/m0/s1. The molecule has 1 saturated heterocycles. The summed E-state index contributed by atoms with van der Waals surface area (Å²) in [4.78, 5) is 2.34. The van der Waals surface area contributed by atoms with Gasteiger partial charge in [0.15, 0.2) is 11.5 Å². The summed E-state index contributed by atoms with van der Waals surface area (Å²) in [7, 11) is 2.15. The minimum atomic E-state index is -0.462. The number of likely N-dealkylation sites (tertiary alicyclic amines) is 1. The summed E-state index contributed by atoms with van der Waals surface area (Å²) >= 11 is 0. The molecule has 3 aliphatic heterocycles. The Kier molecular flexibility index (Phi) is 4.39. The largest absolute Gasteiger partial charge is 0.508 e. The van der Waals surface area contributed by atoms with Gasteiger partial charge in [0.05, 0.1) is 18.4 Å². The second-order valence-electron chi connectivity index (χ2n) is 8.12. The summed E-state index contributed by atoms with van der Waals surface area (Å²) in [5.41, 5.74) is 2.61. The van der Waals surface area contributed by atoms with Crippen LogP contribution in [0.4, 0.5) is 0 Å². The van der Waals surface area contributed by atoms with E-state index in [-0.39, 0.29) is 11.8 Å². The molecule has 6 nitrogen and oxygen atoms in total. The molecule has 2 aromatic carbocycles. The predicted molar refractivity (Wildman–Crippen MR) is 112 cm³/mol. The molecule has 1 N–H and O–H groups in total. The number of fused-ring (bicyclic) bond motifs is 4. The number of para-hydroxylation sites is 1. The highest BCUT2D eigenvalue weighted by Crippen LogP contribution is 2.52. The number of ether oxygens (including phenoxy) is 2. The number of rotatable bonds is 3. The van der Waals surface area contributed by atoms with Crippen molar-refractivity contribution in [2.24, 2.45) is 5.10 Å². The SMILES string of the molecule is CCOc1cccc2c1OC1(CCN(C)CC1)N1N=C(c3cccc(O)c3)C[C@@H]21. The van der Waals surface area contributed by atoms with Crippen LogP contribution in [-0.2, 0) is 0 Å². The van der Waals surface area contributed by atoms with Gasteiger partial charge in [0.1, 0.15) is 5.75 Å². The topological polar surface area (TPSA) is 57.5 Å². The second kappa shape index (κ2) is 6.95. The number of phenolic OH excluding ortho intramolecular Hbond substituents is 1. The Labute approximate surface area is 171 Å². The van der Waals surface area contributed by atoms with Crippen LogP contribution in [0, 0.1) is 0 Å². The summed E-state index contributed by atoms with van der Waals surface area (Å²) in [6, 6.07) is 13.6. The molecule has 0 bridgehead atoms. The molecule has 2 aromatic rings. The molecule has 1 atom stereocenters. The van der Waals surface area contributed by atoms with E-state index in [1.165, 1.54) is 0 Å². The smallest absolute Gasteiger partial charge is 0.200 e. The first-order chi connectivity index (χ1) is 14.1. The minimum Gasteiger partial charge on any atom is -0.508 e. The van der Waals surface area contributed by atoms with Crippen molar-refractivity contribution in [2.45, 2.75) is 38.0 Å². The summed E-state index contributed by atoms with van der Waals surface area (Å²) in [6.45, 7) is 4.53. The number of hydrogen-bond donors (Lipinski definition) is 1. The quantitative estimate of drug-likeness (QED) is 0.861. The first-order valence-electron chi connectivity index (χ1n) is 10.4. The van der Waals surface area contributed by atoms with Gasteiger partial charge in [0.25, 0.3) is 0 Å². The van der Waals surface area contributed by atoms with Gasteiger partial charge in [-0.3, -0.25) is 0 Å². The van der Waals surface area contributed by atoms with Crippen molar-refractivity contribution in [3.05, 3.63) is 53.6 Å². The van der Waals surface area contributed by atoms with Crippen LogP contribution in [0.5, 0.6) is 17.2 Å². The first-order valence-corrected chi connectivity index (χ1v) is 10.4. The maximum absolute atomic E-state index is 9.94. The van der Waals surface area contributed by atoms with Gasteiger partial charge >= 0.3 is 0 Å². The minimum absolute atomic E-state index is 0.111. The maximum atomic E-state index is 9.94. The van der Waals surface area contributed by atoms with E-state index in [2.05, 4.69) is 23.0 Å². The molecule has 0 amide bonds. The van der Waals surface area contributed by atoms with Gasteiger partial charge in [-0.25, -0.2) is 5.01 Å². The molecule has 29 heavy (non-hydrogen) atoms. The van der Waals surface area contributed by atoms with E-state index in [1.54, 1.807) is 12.1 Å². The molecular formula is C23H27N3O3. The molecule has 3 aliphatic rings. The lowest BCUT2D eigenvalue weighted by Gasteiger charge is -2.51. The highest BCUT2D eigenvalue weighted by Gasteiger charge is 2.52. The molecule has 0 aromatic heterocycles. The van der Waals surface area contributed by atoms with Crippen molar-refractivity contribution >= 4 is 5.71 Å². The van der Waals surface area contributed by atoms with E-state index in [4.69, 9.17) is 14.6 Å². The Balaban J connectivity index is 1.60. The summed E-state index contributed by atoms with van der Waals surface area (Å²) in [5, 5.41) is 17.2. The van der Waals surface area contributed by atoms with Crippen LogP contribution >= 0.6 is 0 Å². The number of aromatic hydroxyl groups is 1. The van der Waals surface area contributed by atoms with Crippen molar-refractivity contribution in [2.75, 3.05) is 26.7 Å². The van der Waals surface area contributed by atoms with Crippen molar-refractivity contribution < 1.29 is 14.6 Å². The fourth-order valence-electron chi connectivity index (χ4n) is 4.70. The number of hydrogen-bond acceptors (Lipinski definition) is 6. The van der Waals surface area contributed by atoms with Gasteiger partial charge in [-0.2, -0.15) is 5.10 Å². The monoisotopic (exact) mass is 393 g/mol. The molecule has 152 valence electrons. The highest BCUT2D eigenvalue weighted by atomic mass is 16.6. The van der Waals surface area contributed by atoms with Crippen LogP contribution in [0.3, 0.4) is 0 Å².